The molecule has 0 radical (unpaired) electrons. The molecule has 2 fully saturated rings. The number of ether oxygens (including phenoxy) is 1. The van der Waals surface area contributed by atoms with Gasteiger partial charge in [0.05, 0.1) is 23.5 Å². The Hall–Kier alpha value is -0.620. The van der Waals surface area contributed by atoms with Crippen LogP contribution in [0, 0.1) is 0 Å². The molecule has 0 aromatic carbocycles. The molecule has 0 amide bonds. The van der Waals surface area contributed by atoms with Gasteiger partial charge in [-0.05, 0) is 19.4 Å². The van der Waals surface area contributed by atoms with Gasteiger partial charge in [0.1, 0.15) is 12.2 Å². The molecule has 3 heterocycles. The van der Waals surface area contributed by atoms with Crippen molar-refractivity contribution < 1.29 is 9.84 Å². The molecule has 3 rings (SSSR count). The summed E-state index contributed by atoms with van der Waals surface area (Å²) in [5.41, 5.74) is 0.638. The van der Waals surface area contributed by atoms with E-state index in [0.717, 1.165) is 13.1 Å². The van der Waals surface area contributed by atoms with Crippen molar-refractivity contribution in [2.75, 3.05) is 19.7 Å². The highest BCUT2D eigenvalue weighted by molar-refractivity contribution is 6.31. The zero-order valence-electron chi connectivity index (χ0n) is 10.4. The Labute approximate surface area is 111 Å². The monoisotopic (exact) mass is 271 g/mol. The fourth-order valence-electron chi connectivity index (χ4n) is 2.96. The first-order valence-electron chi connectivity index (χ1n) is 6.38. The zero-order chi connectivity index (χ0) is 12.7. The van der Waals surface area contributed by atoms with E-state index in [1.54, 1.807) is 17.9 Å². The Kier molecular flexibility index (Phi) is 3.32. The van der Waals surface area contributed by atoms with Crippen LogP contribution in [0.25, 0.3) is 0 Å². The summed E-state index contributed by atoms with van der Waals surface area (Å²) in [6.07, 6.45) is 3.05. The van der Waals surface area contributed by atoms with Crippen molar-refractivity contribution in [3.63, 3.8) is 0 Å². The van der Waals surface area contributed by atoms with Crippen LogP contribution >= 0.6 is 11.6 Å². The minimum atomic E-state index is -0.716. The second-order valence-corrected chi connectivity index (χ2v) is 5.52. The smallest absolute Gasteiger partial charge is 0.124 e. The summed E-state index contributed by atoms with van der Waals surface area (Å²) < 4.78 is 7.41. The van der Waals surface area contributed by atoms with Crippen LogP contribution in [-0.4, -0.2) is 51.6 Å². The fourth-order valence-corrected chi connectivity index (χ4v) is 3.24. The van der Waals surface area contributed by atoms with Crippen molar-refractivity contribution in [1.29, 1.82) is 0 Å². The van der Waals surface area contributed by atoms with Crippen molar-refractivity contribution >= 4 is 11.6 Å². The summed E-state index contributed by atoms with van der Waals surface area (Å²) in [6, 6.07) is 0.537. The van der Waals surface area contributed by atoms with Crippen LogP contribution in [0.15, 0.2) is 6.20 Å². The van der Waals surface area contributed by atoms with Gasteiger partial charge in [0.25, 0.3) is 0 Å². The lowest BCUT2D eigenvalue weighted by molar-refractivity contribution is -0.105. The largest absolute Gasteiger partial charge is 0.384 e. The number of fused-ring (bicyclic) bond motifs is 1. The van der Waals surface area contributed by atoms with E-state index in [1.807, 2.05) is 0 Å². The highest BCUT2D eigenvalue weighted by Crippen LogP contribution is 2.31. The number of morpholine rings is 1. The topological polar surface area (TPSA) is 50.5 Å². The number of aromatic nitrogens is 2. The maximum absolute atomic E-state index is 10.4. The van der Waals surface area contributed by atoms with Crippen LogP contribution < -0.4 is 0 Å². The number of halogens is 1. The molecule has 2 aliphatic rings. The van der Waals surface area contributed by atoms with Gasteiger partial charge in [0, 0.05) is 19.6 Å². The highest BCUT2D eigenvalue weighted by Gasteiger charge is 2.37. The second-order valence-electron chi connectivity index (χ2n) is 5.11. The lowest BCUT2D eigenvalue weighted by atomic mass is 10.1. The van der Waals surface area contributed by atoms with Gasteiger partial charge in [-0.15, -0.1) is 0 Å². The average molecular weight is 272 g/mol. The van der Waals surface area contributed by atoms with Crippen LogP contribution in [0.5, 0.6) is 0 Å². The highest BCUT2D eigenvalue weighted by atomic mass is 35.5. The van der Waals surface area contributed by atoms with Gasteiger partial charge < -0.3 is 9.84 Å². The third-order valence-corrected chi connectivity index (χ3v) is 4.28. The summed E-state index contributed by atoms with van der Waals surface area (Å²) >= 11 is 6.06. The van der Waals surface area contributed by atoms with E-state index in [1.165, 1.54) is 12.8 Å². The number of aryl methyl sites for hydroxylation is 1. The molecule has 2 aliphatic heterocycles. The number of rotatable bonds is 2. The van der Waals surface area contributed by atoms with E-state index in [2.05, 4.69) is 10.00 Å². The van der Waals surface area contributed by atoms with Gasteiger partial charge in [0.15, 0.2) is 0 Å². The second kappa shape index (κ2) is 4.81. The van der Waals surface area contributed by atoms with Gasteiger partial charge in [-0.1, -0.05) is 11.6 Å². The molecule has 6 heteroatoms. The molecular weight excluding hydrogens is 254 g/mol. The SMILES string of the molecule is Cn1ncc(Cl)c1C(O)C1CN2CCCC2CO1. The molecule has 18 heavy (non-hydrogen) atoms. The Morgan fingerprint density at radius 1 is 1.61 bits per heavy atom. The Morgan fingerprint density at radius 2 is 2.44 bits per heavy atom. The van der Waals surface area contributed by atoms with E-state index < -0.39 is 6.10 Å². The van der Waals surface area contributed by atoms with Crippen LogP contribution in [0.4, 0.5) is 0 Å². The molecule has 1 aromatic heterocycles. The number of aliphatic hydroxyl groups is 1. The quantitative estimate of drug-likeness (QED) is 0.871. The van der Waals surface area contributed by atoms with Gasteiger partial charge >= 0.3 is 0 Å². The molecule has 100 valence electrons. The number of aliphatic hydroxyl groups excluding tert-OH is 1. The van der Waals surface area contributed by atoms with Crippen LogP contribution in [0.2, 0.25) is 5.02 Å². The van der Waals surface area contributed by atoms with E-state index in [4.69, 9.17) is 16.3 Å². The van der Waals surface area contributed by atoms with Crippen molar-refractivity contribution in [3.05, 3.63) is 16.9 Å². The van der Waals surface area contributed by atoms with Gasteiger partial charge in [-0.3, -0.25) is 9.58 Å². The summed E-state index contributed by atoms with van der Waals surface area (Å²) in [5.74, 6) is 0. The summed E-state index contributed by atoms with van der Waals surface area (Å²) in [7, 11) is 1.78. The molecule has 2 saturated heterocycles. The molecule has 5 nitrogen and oxygen atoms in total. The summed E-state index contributed by atoms with van der Waals surface area (Å²) in [4.78, 5) is 2.40. The molecule has 0 spiro atoms. The first kappa shape index (κ1) is 12.4. The fraction of sp³-hybridized carbons (Fsp3) is 0.750. The third kappa shape index (κ3) is 2.05. The van der Waals surface area contributed by atoms with Gasteiger partial charge in [-0.2, -0.15) is 5.10 Å². The van der Waals surface area contributed by atoms with Crippen molar-refractivity contribution in [1.82, 2.24) is 14.7 Å². The van der Waals surface area contributed by atoms with E-state index >= 15 is 0 Å². The average Bonchev–Trinajstić information content (AvgIpc) is 2.94. The van der Waals surface area contributed by atoms with Crippen molar-refractivity contribution in [2.45, 2.75) is 31.1 Å². The molecule has 0 bridgehead atoms. The summed E-state index contributed by atoms with van der Waals surface area (Å²) in [5, 5.41) is 15.0. The zero-order valence-corrected chi connectivity index (χ0v) is 11.2. The number of hydrogen-bond donors (Lipinski definition) is 1. The molecule has 1 N–H and O–H groups in total. The van der Waals surface area contributed by atoms with Gasteiger partial charge in [0.2, 0.25) is 0 Å². The lowest BCUT2D eigenvalue weighted by Gasteiger charge is -2.37. The predicted molar refractivity (Wildman–Crippen MR) is 67.5 cm³/mol. The Morgan fingerprint density at radius 3 is 3.17 bits per heavy atom. The lowest BCUT2D eigenvalue weighted by Crippen LogP contribution is -2.48. The first-order valence-corrected chi connectivity index (χ1v) is 6.75. The molecular formula is C12H18ClN3O2. The van der Waals surface area contributed by atoms with Gasteiger partial charge in [-0.25, -0.2) is 0 Å². The maximum atomic E-state index is 10.4. The normalized spacial score (nSPS) is 30.4. The minimum Gasteiger partial charge on any atom is -0.384 e. The standard InChI is InChI=1S/C12H18ClN3O2/c1-15-11(9(13)5-14-15)12(17)10-6-16-4-2-3-8(16)7-18-10/h5,8,10,12,17H,2-4,6-7H2,1H3. The van der Waals surface area contributed by atoms with Crippen LogP contribution in [0.1, 0.15) is 24.6 Å². The molecule has 3 unspecified atom stereocenters. The van der Waals surface area contributed by atoms with E-state index in [0.29, 0.717) is 23.4 Å². The Bertz CT molecular complexity index is 417. The first-order chi connectivity index (χ1) is 8.66. The third-order valence-electron chi connectivity index (χ3n) is 3.99. The minimum absolute atomic E-state index is 0.216. The van der Waals surface area contributed by atoms with E-state index in [9.17, 15) is 5.11 Å². The molecule has 3 atom stereocenters. The summed E-state index contributed by atoms with van der Waals surface area (Å²) in [6.45, 7) is 2.58. The van der Waals surface area contributed by atoms with Crippen LogP contribution in [-0.2, 0) is 11.8 Å². The number of hydrogen-bond acceptors (Lipinski definition) is 4. The van der Waals surface area contributed by atoms with Crippen molar-refractivity contribution in [2.24, 2.45) is 7.05 Å². The maximum Gasteiger partial charge on any atom is 0.124 e. The Balaban J connectivity index is 1.75. The number of nitrogens with zero attached hydrogens (tertiary/aromatic N) is 3. The molecule has 1 aromatic rings. The van der Waals surface area contributed by atoms with Crippen molar-refractivity contribution in [3.8, 4) is 0 Å². The van der Waals surface area contributed by atoms with E-state index in [-0.39, 0.29) is 6.10 Å². The van der Waals surface area contributed by atoms with Crippen LogP contribution in [0.3, 0.4) is 0 Å². The molecule has 0 saturated carbocycles. The molecule has 0 aliphatic carbocycles. The predicted octanol–water partition coefficient (Wildman–Crippen LogP) is 0.970.